The number of para-hydroxylation sites is 1. The van der Waals surface area contributed by atoms with E-state index < -0.39 is 5.97 Å². The number of aromatic carboxylic acids is 1. The summed E-state index contributed by atoms with van der Waals surface area (Å²) in [6, 6.07) is 14.8. The van der Waals surface area contributed by atoms with Crippen molar-refractivity contribution in [1.82, 2.24) is 0 Å². The zero-order valence-electron chi connectivity index (χ0n) is 12.9. The molecule has 0 spiro atoms. The van der Waals surface area contributed by atoms with Crippen molar-refractivity contribution in [2.24, 2.45) is 0 Å². The Morgan fingerprint density at radius 3 is 2.52 bits per heavy atom. The predicted octanol–water partition coefficient (Wildman–Crippen LogP) is 3.30. The molecule has 0 unspecified atom stereocenters. The Morgan fingerprint density at radius 2 is 1.78 bits per heavy atom. The lowest BCUT2D eigenvalue weighted by atomic mass is 10.0. The number of aryl methyl sites for hydroxylation is 2. The Morgan fingerprint density at radius 1 is 1.04 bits per heavy atom. The monoisotopic (exact) mass is 309 g/mol. The highest BCUT2D eigenvalue weighted by Gasteiger charge is 2.21. The van der Waals surface area contributed by atoms with E-state index in [-0.39, 0.29) is 11.5 Å². The van der Waals surface area contributed by atoms with Crippen LogP contribution in [0, 0.1) is 0 Å². The minimum Gasteiger partial charge on any atom is -0.478 e. The highest BCUT2D eigenvalue weighted by molar-refractivity contribution is 5.94. The molecule has 2 aromatic rings. The number of carbonyl (C=O) groups excluding carboxylic acids is 1. The molecule has 0 radical (unpaired) electrons. The molecule has 3 rings (SSSR count). The fourth-order valence-electron chi connectivity index (χ4n) is 2.99. The second-order valence-corrected chi connectivity index (χ2v) is 5.78. The number of nitrogens with zero attached hydrogens (tertiary/aromatic N) is 1. The van der Waals surface area contributed by atoms with Gasteiger partial charge in [-0.15, -0.1) is 0 Å². The largest absolute Gasteiger partial charge is 0.478 e. The first kappa shape index (κ1) is 15.3. The number of hydrogen-bond acceptors (Lipinski definition) is 2. The van der Waals surface area contributed by atoms with E-state index in [2.05, 4.69) is 6.07 Å². The Hall–Kier alpha value is -2.62. The molecule has 1 N–H and O–H groups in total. The van der Waals surface area contributed by atoms with Gasteiger partial charge in [0.05, 0.1) is 5.56 Å². The maximum Gasteiger partial charge on any atom is 0.335 e. The van der Waals surface area contributed by atoms with Crippen LogP contribution in [-0.2, 0) is 17.6 Å². The molecule has 0 aliphatic carbocycles. The van der Waals surface area contributed by atoms with Crippen LogP contribution in [-0.4, -0.2) is 23.5 Å². The Bertz CT molecular complexity index is 722. The molecule has 23 heavy (non-hydrogen) atoms. The highest BCUT2D eigenvalue weighted by atomic mass is 16.4. The molecule has 4 nitrogen and oxygen atoms in total. The van der Waals surface area contributed by atoms with Gasteiger partial charge in [0.15, 0.2) is 0 Å². The average Bonchev–Trinajstić information content (AvgIpc) is 2.59. The van der Waals surface area contributed by atoms with Gasteiger partial charge in [-0.1, -0.05) is 30.3 Å². The first-order valence-corrected chi connectivity index (χ1v) is 7.85. The van der Waals surface area contributed by atoms with Crippen molar-refractivity contribution in [3.8, 4) is 0 Å². The fourth-order valence-corrected chi connectivity index (χ4v) is 2.99. The van der Waals surface area contributed by atoms with Gasteiger partial charge >= 0.3 is 5.97 Å². The third-order valence-electron chi connectivity index (χ3n) is 4.24. The fraction of sp³-hybridized carbons (Fsp3) is 0.263. The summed E-state index contributed by atoms with van der Waals surface area (Å²) >= 11 is 0. The zero-order chi connectivity index (χ0) is 16.2. The average molecular weight is 309 g/mol. The van der Waals surface area contributed by atoms with Gasteiger partial charge < -0.3 is 10.0 Å². The molecule has 0 atom stereocenters. The second-order valence-electron chi connectivity index (χ2n) is 5.78. The van der Waals surface area contributed by atoms with Crippen molar-refractivity contribution in [1.29, 1.82) is 0 Å². The summed E-state index contributed by atoms with van der Waals surface area (Å²) in [5, 5.41) is 8.90. The maximum atomic E-state index is 12.5. The number of rotatable bonds is 4. The molecule has 0 saturated carbocycles. The first-order chi connectivity index (χ1) is 11.1. The Balaban J connectivity index is 1.65. The van der Waals surface area contributed by atoms with Gasteiger partial charge in [-0.25, -0.2) is 4.79 Å². The van der Waals surface area contributed by atoms with E-state index in [9.17, 15) is 9.59 Å². The zero-order valence-corrected chi connectivity index (χ0v) is 12.9. The third-order valence-corrected chi connectivity index (χ3v) is 4.24. The van der Waals surface area contributed by atoms with Crippen LogP contribution in [0.3, 0.4) is 0 Å². The molecule has 1 heterocycles. The standard InChI is InChI=1S/C19H19NO3/c21-18(12-9-14-7-10-16(11-8-14)19(22)23)20-13-3-5-15-4-1-2-6-17(15)20/h1-2,4,6-8,10-11H,3,5,9,12-13H2,(H,22,23). The Kier molecular flexibility index (Phi) is 4.42. The first-order valence-electron chi connectivity index (χ1n) is 7.85. The number of anilines is 1. The molecule has 0 bridgehead atoms. The second kappa shape index (κ2) is 6.65. The van der Waals surface area contributed by atoms with Crippen molar-refractivity contribution in [2.45, 2.75) is 25.7 Å². The molecular weight excluding hydrogens is 290 g/mol. The van der Waals surface area contributed by atoms with Gasteiger partial charge in [-0.2, -0.15) is 0 Å². The van der Waals surface area contributed by atoms with Gasteiger partial charge in [-0.05, 0) is 48.6 Å². The van der Waals surface area contributed by atoms with Crippen LogP contribution in [0.5, 0.6) is 0 Å². The van der Waals surface area contributed by atoms with Crippen molar-refractivity contribution >= 4 is 17.6 Å². The van der Waals surface area contributed by atoms with Gasteiger partial charge in [0.1, 0.15) is 0 Å². The van der Waals surface area contributed by atoms with E-state index in [1.54, 1.807) is 24.3 Å². The highest BCUT2D eigenvalue weighted by Crippen LogP contribution is 2.27. The molecular formula is C19H19NO3. The summed E-state index contributed by atoms with van der Waals surface area (Å²) in [4.78, 5) is 25.3. The summed E-state index contributed by atoms with van der Waals surface area (Å²) in [7, 11) is 0. The van der Waals surface area contributed by atoms with E-state index in [1.165, 1.54) is 5.56 Å². The van der Waals surface area contributed by atoms with Crippen LogP contribution < -0.4 is 4.90 Å². The van der Waals surface area contributed by atoms with Crippen LogP contribution >= 0.6 is 0 Å². The number of benzene rings is 2. The van der Waals surface area contributed by atoms with Crippen molar-refractivity contribution in [2.75, 3.05) is 11.4 Å². The lowest BCUT2D eigenvalue weighted by Gasteiger charge is -2.29. The van der Waals surface area contributed by atoms with Crippen molar-refractivity contribution < 1.29 is 14.7 Å². The molecule has 118 valence electrons. The number of fused-ring (bicyclic) bond motifs is 1. The van der Waals surface area contributed by atoms with E-state index in [0.29, 0.717) is 12.8 Å². The van der Waals surface area contributed by atoms with Gasteiger partial charge in [-0.3, -0.25) is 4.79 Å². The van der Waals surface area contributed by atoms with Crippen molar-refractivity contribution in [3.05, 3.63) is 65.2 Å². The van der Waals surface area contributed by atoms with Crippen LogP contribution in [0.15, 0.2) is 48.5 Å². The van der Waals surface area contributed by atoms with Gasteiger partial charge in [0.25, 0.3) is 0 Å². The number of carbonyl (C=O) groups is 2. The van der Waals surface area contributed by atoms with Crippen LogP contribution in [0.1, 0.15) is 34.3 Å². The van der Waals surface area contributed by atoms with Gasteiger partial charge in [0.2, 0.25) is 5.91 Å². The molecule has 1 aliphatic rings. The summed E-state index contributed by atoms with van der Waals surface area (Å²) in [5.41, 5.74) is 3.52. The molecule has 0 saturated heterocycles. The number of carboxylic acids is 1. The molecule has 1 amide bonds. The van der Waals surface area contributed by atoms with Crippen LogP contribution in [0.4, 0.5) is 5.69 Å². The number of carboxylic acid groups (broad SMARTS) is 1. The Labute approximate surface area is 135 Å². The quantitative estimate of drug-likeness (QED) is 0.942. The summed E-state index contributed by atoms with van der Waals surface area (Å²) in [6.45, 7) is 0.772. The van der Waals surface area contributed by atoms with Gasteiger partial charge in [0, 0.05) is 18.7 Å². The number of amides is 1. The smallest absolute Gasteiger partial charge is 0.335 e. The lowest BCUT2D eigenvalue weighted by Crippen LogP contribution is -2.35. The third kappa shape index (κ3) is 3.42. The van der Waals surface area contributed by atoms with E-state index in [4.69, 9.17) is 5.11 Å². The minimum atomic E-state index is -0.933. The summed E-state index contributed by atoms with van der Waals surface area (Å²) < 4.78 is 0. The summed E-state index contributed by atoms with van der Waals surface area (Å²) in [6.07, 6.45) is 3.07. The normalized spacial score (nSPS) is 13.5. The molecule has 1 aliphatic heterocycles. The lowest BCUT2D eigenvalue weighted by molar-refractivity contribution is -0.118. The SMILES string of the molecule is O=C(O)c1ccc(CCC(=O)N2CCCc3ccccc32)cc1. The van der Waals surface area contributed by atoms with E-state index in [0.717, 1.165) is 30.6 Å². The van der Waals surface area contributed by atoms with E-state index >= 15 is 0 Å². The number of hydrogen-bond donors (Lipinski definition) is 1. The molecule has 4 heteroatoms. The van der Waals surface area contributed by atoms with Crippen LogP contribution in [0.2, 0.25) is 0 Å². The molecule has 0 aromatic heterocycles. The van der Waals surface area contributed by atoms with E-state index in [1.807, 2.05) is 23.1 Å². The predicted molar refractivity (Wildman–Crippen MR) is 88.8 cm³/mol. The molecule has 0 fully saturated rings. The molecule has 2 aromatic carbocycles. The van der Waals surface area contributed by atoms with Crippen molar-refractivity contribution in [3.63, 3.8) is 0 Å². The maximum absolute atomic E-state index is 12.5. The van der Waals surface area contributed by atoms with Crippen LogP contribution in [0.25, 0.3) is 0 Å². The summed E-state index contributed by atoms with van der Waals surface area (Å²) in [5.74, 6) is -0.808. The minimum absolute atomic E-state index is 0.125. The topological polar surface area (TPSA) is 57.6 Å².